The second-order valence-corrected chi connectivity index (χ2v) is 8.98. The molecule has 2 N–H and O–H groups in total. The first kappa shape index (κ1) is 17.9. The molecule has 1 aliphatic rings. The molecule has 0 saturated carbocycles. The summed E-state index contributed by atoms with van der Waals surface area (Å²) in [6.45, 7) is 0.0618. The van der Waals surface area contributed by atoms with E-state index in [1.165, 1.54) is 46.7 Å². The number of benzene rings is 1. The van der Waals surface area contributed by atoms with Crippen LogP contribution in [-0.4, -0.2) is 19.3 Å². The van der Waals surface area contributed by atoms with Crippen LogP contribution in [0.2, 0.25) is 0 Å². The molecule has 0 unspecified atom stereocenters. The predicted octanol–water partition coefficient (Wildman–Crippen LogP) is 2.96. The Hall–Kier alpha value is -2.49. The Labute approximate surface area is 160 Å². The quantitative estimate of drug-likeness (QED) is 0.659. The molecule has 0 aliphatic heterocycles. The molecule has 2 aromatic heterocycles. The number of amides is 1. The molecule has 0 atom stereocenters. The first-order chi connectivity index (χ1) is 13.0. The molecule has 1 amide bonds. The smallest absolute Gasteiger partial charge is 0.257 e. The summed E-state index contributed by atoms with van der Waals surface area (Å²) in [6, 6.07) is 9.15. The van der Waals surface area contributed by atoms with E-state index in [4.69, 9.17) is 4.42 Å². The van der Waals surface area contributed by atoms with Crippen molar-refractivity contribution in [1.29, 1.82) is 0 Å². The van der Waals surface area contributed by atoms with Crippen LogP contribution in [0.5, 0.6) is 0 Å². The molecule has 0 bridgehead atoms. The lowest BCUT2D eigenvalue weighted by atomic mass is 10.2. The maximum absolute atomic E-state index is 12.4. The van der Waals surface area contributed by atoms with Gasteiger partial charge in [-0.3, -0.25) is 10.1 Å². The third-order valence-electron chi connectivity index (χ3n) is 4.26. The molecule has 4 rings (SSSR count). The SMILES string of the molecule is O=C(Nc1nc2c(s1)CCC2)c1ccc(S(=O)(=O)NCc2ccco2)cc1. The Balaban J connectivity index is 1.42. The Morgan fingerprint density at radius 1 is 1.19 bits per heavy atom. The number of hydrogen-bond donors (Lipinski definition) is 2. The number of aryl methyl sites for hydroxylation is 2. The number of rotatable bonds is 6. The number of thiazole rings is 1. The molecule has 27 heavy (non-hydrogen) atoms. The van der Waals surface area contributed by atoms with Crippen LogP contribution in [0.3, 0.4) is 0 Å². The van der Waals surface area contributed by atoms with Crippen LogP contribution >= 0.6 is 11.3 Å². The van der Waals surface area contributed by atoms with Crippen LogP contribution in [0.4, 0.5) is 5.13 Å². The van der Waals surface area contributed by atoms with Crippen molar-refractivity contribution in [2.45, 2.75) is 30.7 Å². The van der Waals surface area contributed by atoms with Gasteiger partial charge in [-0.15, -0.1) is 11.3 Å². The molecular formula is C18H17N3O4S2. The molecule has 0 fully saturated rings. The monoisotopic (exact) mass is 403 g/mol. The highest BCUT2D eigenvalue weighted by Crippen LogP contribution is 2.30. The lowest BCUT2D eigenvalue weighted by molar-refractivity contribution is 0.102. The van der Waals surface area contributed by atoms with Gasteiger partial charge in [0, 0.05) is 10.4 Å². The molecule has 0 spiro atoms. The van der Waals surface area contributed by atoms with E-state index >= 15 is 0 Å². The minimum absolute atomic E-state index is 0.0618. The van der Waals surface area contributed by atoms with E-state index in [1.54, 1.807) is 12.1 Å². The summed E-state index contributed by atoms with van der Waals surface area (Å²) < 4.78 is 32.2. The Morgan fingerprint density at radius 2 is 2.00 bits per heavy atom. The fraction of sp³-hybridized carbons (Fsp3) is 0.222. The number of aromatic nitrogens is 1. The summed E-state index contributed by atoms with van der Waals surface area (Å²) in [5.41, 5.74) is 1.44. The number of furan rings is 1. The van der Waals surface area contributed by atoms with Gasteiger partial charge in [0.15, 0.2) is 5.13 Å². The van der Waals surface area contributed by atoms with Gasteiger partial charge >= 0.3 is 0 Å². The summed E-state index contributed by atoms with van der Waals surface area (Å²) in [6.07, 6.45) is 4.57. The largest absolute Gasteiger partial charge is 0.468 e. The van der Waals surface area contributed by atoms with Gasteiger partial charge in [-0.25, -0.2) is 18.1 Å². The summed E-state index contributed by atoms with van der Waals surface area (Å²) >= 11 is 1.50. The van der Waals surface area contributed by atoms with Gasteiger partial charge < -0.3 is 4.42 Å². The molecule has 7 nitrogen and oxygen atoms in total. The first-order valence-corrected chi connectivity index (χ1v) is 10.7. The Morgan fingerprint density at radius 3 is 2.70 bits per heavy atom. The fourth-order valence-electron chi connectivity index (χ4n) is 2.86. The predicted molar refractivity (Wildman–Crippen MR) is 101 cm³/mol. The van der Waals surface area contributed by atoms with Crippen molar-refractivity contribution >= 4 is 32.4 Å². The van der Waals surface area contributed by atoms with Gasteiger partial charge in [0.2, 0.25) is 10.0 Å². The minimum Gasteiger partial charge on any atom is -0.468 e. The van der Waals surface area contributed by atoms with Crippen molar-refractivity contribution in [3.8, 4) is 0 Å². The summed E-state index contributed by atoms with van der Waals surface area (Å²) in [7, 11) is -3.69. The maximum atomic E-state index is 12.4. The van der Waals surface area contributed by atoms with Crippen molar-refractivity contribution in [1.82, 2.24) is 9.71 Å². The summed E-state index contributed by atoms with van der Waals surface area (Å²) in [5, 5.41) is 3.37. The van der Waals surface area contributed by atoms with E-state index in [0.29, 0.717) is 16.5 Å². The minimum atomic E-state index is -3.69. The van der Waals surface area contributed by atoms with Crippen molar-refractivity contribution in [2.24, 2.45) is 0 Å². The van der Waals surface area contributed by atoms with Crippen molar-refractivity contribution in [3.05, 3.63) is 64.6 Å². The van der Waals surface area contributed by atoms with Gasteiger partial charge in [-0.05, 0) is 55.7 Å². The number of carbonyl (C=O) groups is 1. The second kappa shape index (κ2) is 7.26. The second-order valence-electron chi connectivity index (χ2n) is 6.12. The van der Waals surface area contributed by atoms with Crippen molar-refractivity contribution in [2.75, 3.05) is 5.32 Å². The van der Waals surface area contributed by atoms with Crippen molar-refractivity contribution < 1.29 is 17.6 Å². The van der Waals surface area contributed by atoms with Gasteiger partial charge in [-0.2, -0.15) is 0 Å². The number of anilines is 1. The third kappa shape index (κ3) is 3.95. The average molecular weight is 403 g/mol. The van der Waals surface area contributed by atoms with Crippen LogP contribution < -0.4 is 10.0 Å². The summed E-state index contributed by atoms with van der Waals surface area (Å²) in [4.78, 5) is 18.1. The molecule has 2 heterocycles. The van der Waals surface area contributed by atoms with E-state index in [1.807, 2.05) is 0 Å². The average Bonchev–Trinajstić information content (AvgIpc) is 3.38. The van der Waals surface area contributed by atoms with Gasteiger partial charge in [0.05, 0.1) is 23.4 Å². The van der Waals surface area contributed by atoms with Gasteiger partial charge in [-0.1, -0.05) is 0 Å². The normalized spacial score (nSPS) is 13.5. The fourth-order valence-corrected chi connectivity index (χ4v) is 4.90. The van der Waals surface area contributed by atoms with E-state index in [-0.39, 0.29) is 17.3 Å². The highest BCUT2D eigenvalue weighted by atomic mass is 32.2. The zero-order chi connectivity index (χ0) is 18.9. The molecule has 0 saturated heterocycles. The van der Waals surface area contributed by atoms with Crippen LogP contribution in [0.15, 0.2) is 52.0 Å². The molecule has 1 aromatic carbocycles. The van der Waals surface area contributed by atoms with E-state index in [2.05, 4.69) is 15.0 Å². The Bertz CT molecular complexity index is 1030. The van der Waals surface area contributed by atoms with Crippen LogP contribution in [0, 0.1) is 0 Å². The van der Waals surface area contributed by atoms with Crippen molar-refractivity contribution in [3.63, 3.8) is 0 Å². The number of carbonyl (C=O) groups excluding carboxylic acids is 1. The van der Waals surface area contributed by atoms with Gasteiger partial charge in [0.1, 0.15) is 5.76 Å². The zero-order valence-electron chi connectivity index (χ0n) is 14.3. The van der Waals surface area contributed by atoms with E-state index < -0.39 is 10.0 Å². The standard InChI is InChI=1S/C18H17N3O4S2/c22-17(21-18-20-15-4-1-5-16(15)26-18)12-6-8-14(9-7-12)27(23,24)19-11-13-3-2-10-25-13/h2-3,6-10,19H,1,4-5,11H2,(H,20,21,22). The highest BCUT2D eigenvalue weighted by Gasteiger charge is 2.19. The number of fused-ring (bicyclic) bond motifs is 1. The third-order valence-corrected chi connectivity index (χ3v) is 6.75. The maximum Gasteiger partial charge on any atom is 0.257 e. The number of nitrogens with one attached hydrogen (secondary N) is 2. The highest BCUT2D eigenvalue weighted by molar-refractivity contribution is 7.89. The molecular weight excluding hydrogens is 386 g/mol. The molecule has 0 radical (unpaired) electrons. The Kier molecular flexibility index (Phi) is 4.81. The van der Waals surface area contributed by atoms with Crippen LogP contribution in [0.1, 0.15) is 33.1 Å². The summed E-state index contributed by atoms with van der Waals surface area (Å²) in [5.74, 6) is 0.208. The van der Waals surface area contributed by atoms with Gasteiger partial charge in [0.25, 0.3) is 5.91 Å². The van der Waals surface area contributed by atoms with Crippen LogP contribution in [0.25, 0.3) is 0 Å². The first-order valence-electron chi connectivity index (χ1n) is 8.43. The number of sulfonamides is 1. The number of hydrogen-bond acceptors (Lipinski definition) is 6. The molecule has 140 valence electrons. The number of nitrogens with zero attached hydrogens (tertiary/aromatic N) is 1. The lowest BCUT2D eigenvalue weighted by Crippen LogP contribution is -2.23. The van der Waals surface area contributed by atoms with E-state index in [9.17, 15) is 13.2 Å². The van der Waals surface area contributed by atoms with Crippen LogP contribution in [-0.2, 0) is 29.4 Å². The van der Waals surface area contributed by atoms with E-state index in [0.717, 1.165) is 25.0 Å². The molecule has 3 aromatic rings. The molecule has 1 aliphatic carbocycles. The molecule has 9 heteroatoms. The topological polar surface area (TPSA) is 101 Å². The lowest BCUT2D eigenvalue weighted by Gasteiger charge is -2.07. The zero-order valence-corrected chi connectivity index (χ0v) is 15.9.